The Kier molecular flexibility index (Phi) is 1.13. The van der Waals surface area contributed by atoms with Gasteiger partial charge >= 0.3 is 0 Å². The topological polar surface area (TPSA) is 35.2 Å². The van der Waals surface area contributed by atoms with Gasteiger partial charge in [0.15, 0.2) is 6.23 Å². The number of hydrogen-bond donors (Lipinski definition) is 1. The monoisotopic (exact) mass is 97.1 g/mol. The molecule has 1 aliphatic rings. The minimum atomic E-state index is -0.231. The molecule has 0 fully saturated rings. The normalized spacial score (nSPS) is 27.3. The second kappa shape index (κ2) is 1.80. The molecule has 0 bridgehead atoms. The third kappa shape index (κ3) is 1.05. The molecule has 0 aromatic heterocycles. The maximum absolute atomic E-state index is 5.27. The lowest BCUT2D eigenvalue weighted by molar-refractivity contribution is 0.190. The van der Waals surface area contributed by atoms with Gasteiger partial charge in [-0.25, -0.2) is 0 Å². The lowest BCUT2D eigenvalue weighted by atomic mass is 10.4. The second-order valence-electron chi connectivity index (χ2n) is 1.31. The first-order chi connectivity index (χ1) is 3.39. The van der Waals surface area contributed by atoms with Crippen molar-refractivity contribution in [3.8, 4) is 0 Å². The molecule has 2 heteroatoms. The quantitative estimate of drug-likeness (QED) is 0.474. The molecule has 2 N–H and O–H groups in total. The highest BCUT2D eigenvalue weighted by Crippen LogP contribution is 1.93. The Bertz CT molecular complexity index is 107. The SMILES string of the molecule is N[C@@H]1C=CC=CO1. The van der Waals surface area contributed by atoms with E-state index in [-0.39, 0.29) is 6.23 Å². The number of rotatable bonds is 0. The number of hydrogen-bond acceptors (Lipinski definition) is 2. The van der Waals surface area contributed by atoms with Gasteiger partial charge in [-0.3, -0.25) is 5.73 Å². The van der Waals surface area contributed by atoms with Gasteiger partial charge in [0.1, 0.15) is 0 Å². The molecule has 0 spiro atoms. The highest BCUT2D eigenvalue weighted by atomic mass is 16.5. The van der Waals surface area contributed by atoms with Crippen molar-refractivity contribution in [2.45, 2.75) is 6.23 Å². The molecule has 0 aromatic carbocycles. The number of ether oxygens (including phenoxy) is 1. The van der Waals surface area contributed by atoms with E-state index >= 15 is 0 Å². The van der Waals surface area contributed by atoms with Gasteiger partial charge in [0, 0.05) is 0 Å². The largest absolute Gasteiger partial charge is 0.480 e. The van der Waals surface area contributed by atoms with Crippen molar-refractivity contribution in [2.24, 2.45) is 5.73 Å². The summed E-state index contributed by atoms with van der Waals surface area (Å²) in [5.41, 5.74) is 5.27. The summed E-state index contributed by atoms with van der Waals surface area (Å²) in [5, 5.41) is 0. The number of allylic oxidation sites excluding steroid dienone is 2. The van der Waals surface area contributed by atoms with E-state index in [1.165, 1.54) is 0 Å². The summed E-state index contributed by atoms with van der Waals surface area (Å²) < 4.78 is 4.79. The Balaban J connectivity index is 2.49. The van der Waals surface area contributed by atoms with Crippen LogP contribution in [-0.4, -0.2) is 6.23 Å². The average Bonchev–Trinajstić information content (AvgIpc) is 1.69. The number of nitrogens with two attached hydrogens (primary N) is 1. The van der Waals surface area contributed by atoms with E-state index in [2.05, 4.69) is 0 Å². The molecule has 7 heavy (non-hydrogen) atoms. The summed E-state index contributed by atoms with van der Waals surface area (Å²) in [5.74, 6) is 0. The van der Waals surface area contributed by atoms with Gasteiger partial charge in [0.25, 0.3) is 0 Å². The van der Waals surface area contributed by atoms with Crippen LogP contribution in [0.5, 0.6) is 0 Å². The summed E-state index contributed by atoms with van der Waals surface area (Å²) in [4.78, 5) is 0. The van der Waals surface area contributed by atoms with Gasteiger partial charge < -0.3 is 4.74 Å². The summed E-state index contributed by atoms with van der Waals surface area (Å²) in [6.07, 6.45) is 6.77. The lowest BCUT2D eigenvalue weighted by Crippen LogP contribution is -2.19. The summed E-state index contributed by atoms with van der Waals surface area (Å²) in [6, 6.07) is 0. The van der Waals surface area contributed by atoms with Gasteiger partial charge in [-0.05, 0) is 12.2 Å². The first kappa shape index (κ1) is 4.40. The van der Waals surface area contributed by atoms with E-state index in [0.717, 1.165) is 0 Å². The Morgan fingerprint density at radius 2 is 2.29 bits per heavy atom. The molecule has 38 valence electrons. The zero-order valence-electron chi connectivity index (χ0n) is 3.87. The van der Waals surface area contributed by atoms with Crippen LogP contribution in [0.2, 0.25) is 0 Å². The molecule has 1 aliphatic heterocycles. The summed E-state index contributed by atoms with van der Waals surface area (Å²) >= 11 is 0. The van der Waals surface area contributed by atoms with Crippen LogP contribution in [0.1, 0.15) is 0 Å². The molecule has 1 rings (SSSR count). The van der Waals surface area contributed by atoms with Crippen LogP contribution in [0.25, 0.3) is 0 Å². The Morgan fingerprint density at radius 1 is 1.43 bits per heavy atom. The van der Waals surface area contributed by atoms with Crippen LogP contribution >= 0.6 is 0 Å². The molecule has 0 radical (unpaired) electrons. The van der Waals surface area contributed by atoms with Crippen LogP contribution < -0.4 is 5.73 Å². The van der Waals surface area contributed by atoms with E-state index in [1.54, 1.807) is 18.4 Å². The first-order valence-corrected chi connectivity index (χ1v) is 2.14. The van der Waals surface area contributed by atoms with Crippen molar-refractivity contribution in [3.05, 3.63) is 24.5 Å². The van der Waals surface area contributed by atoms with Crippen LogP contribution in [-0.2, 0) is 4.74 Å². The third-order valence-electron chi connectivity index (χ3n) is 0.726. The predicted octanol–water partition coefficient (Wildman–Crippen LogP) is 0.371. The third-order valence-corrected chi connectivity index (χ3v) is 0.726. The van der Waals surface area contributed by atoms with Crippen molar-refractivity contribution in [1.29, 1.82) is 0 Å². The van der Waals surface area contributed by atoms with Gasteiger partial charge in [-0.1, -0.05) is 6.08 Å². The predicted molar refractivity (Wildman–Crippen MR) is 27.3 cm³/mol. The molecule has 0 aliphatic carbocycles. The van der Waals surface area contributed by atoms with E-state index in [0.29, 0.717) is 0 Å². The fraction of sp³-hybridized carbons (Fsp3) is 0.200. The molecule has 2 nitrogen and oxygen atoms in total. The van der Waals surface area contributed by atoms with Gasteiger partial charge in [-0.2, -0.15) is 0 Å². The highest BCUT2D eigenvalue weighted by Gasteiger charge is 1.92. The molecule has 0 saturated carbocycles. The minimum Gasteiger partial charge on any atom is -0.480 e. The second-order valence-corrected chi connectivity index (χ2v) is 1.31. The molecule has 0 amide bonds. The van der Waals surface area contributed by atoms with Crippen molar-refractivity contribution in [2.75, 3.05) is 0 Å². The van der Waals surface area contributed by atoms with Crippen LogP contribution in [0.3, 0.4) is 0 Å². The fourth-order valence-corrected chi connectivity index (χ4v) is 0.400. The Hall–Kier alpha value is -0.760. The molecule has 1 atom stereocenters. The van der Waals surface area contributed by atoms with Gasteiger partial charge in [0.05, 0.1) is 6.26 Å². The smallest absolute Gasteiger partial charge is 0.166 e. The Morgan fingerprint density at radius 3 is 2.57 bits per heavy atom. The van der Waals surface area contributed by atoms with Crippen molar-refractivity contribution >= 4 is 0 Å². The average molecular weight is 97.1 g/mol. The van der Waals surface area contributed by atoms with Crippen LogP contribution in [0.15, 0.2) is 24.5 Å². The van der Waals surface area contributed by atoms with Crippen molar-refractivity contribution in [3.63, 3.8) is 0 Å². The first-order valence-electron chi connectivity index (χ1n) is 2.14. The Labute approximate surface area is 42.3 Å². The van der Waals surface area contributed by atoms with Gasteiger partial charge in [0.2, 0.25) is 0 Å². The highest BCUT2D eigenvalue weighted by molar-refractivity contribution is 5.05. The molecular weight excluding hydrogens is 90.1 g/mol. The maximum atomic E-state index is 5.27. The minimum absolute atomic E-state index is 0.231. The molecule has 0 unspecified atom stereocenters. The van der Waals surface area contributed by atoms with Gasteiger partial charge in [-0.15, -0.1) is 0 Å². The molecule has 0 aromatic rings. The molecular formula is C5H7NO. The van der Waals surface area contributed by atoms with Crippen molar-refractivity contribution < 1.29 is 4.74 Å². The van der Waals surface area contributed by atoms with Crippen LogP contribution in [0.4, 0.5) is 0 Å². The molecule has 0 saturated heterocycles. The summed E-state index contributed by atoms with van der Waals surface area (Å²) in [7, 11) is 0. The lowest BCUT2D eigenvalue weighted by Gasteiger charge is -2.06. The van der Waals surface area contributed by atoms with E-state index in [9.17, 15) is 0 Å². The zero-order valence-corrected chi connectivity index (χ0v) is 3.87. The van der Waals surface area contributed by atoms with E-state index in [4.69, 9.17) is 10.5 Å². The standard InChI is InChI=1S/C5H7NO/c6-5-3-1-2-4-7-5/h1-5H,6H2/t5-/m0/s1. The van der Waals surface area contributed by atoms with Crippen molar-refractivity contribution in [1.82, 2.24) is 0 Å². The van der Waals surface area contributed by atoms with E-state index < -0.39 is 0 Å². The summed E-state index contributed by atoms with van der Waals surface area (Å²) in [6.45, 7) is 0. The fourth-order valence-electron chi connectivity index (χ4n) is 0.400. The maximum Gasteiger partial charge on any atom is 0.166 e. The van der Waals surface area contributed by atoms with Crippen LogP contribution in [0, 0.1) is 0 Å². The zero-order chi connectivity index (χ0) is 5.11. The molecule has 1 heterocycles. The van der Waals surface area contributed by atoms with E-state index in [1.807, 2.05) is 6.08 Å².